The van der Waals surface area contributed by atoms with Crippen LogP contribution in [0, 0.1) is 6.92 Å². The topological polar surface area (TPSA) is 43.4 Å². The average molecular weight is 244 g/mol. The molecule has 0 saturated carbocycles. The third-order valence-electron chi connectivity index (χ3n) is 0.627. The number of ether oxygens (including phenoxy) is 1. The van der Waals surface area contributed by atoms with Crippen LogP contribution in [-0.2, 0) is 33.8 Å². The summed E-state index contributed by atoms with van der Waals surface area (Å²) in [5.74, 6) is -1.69. The van der Waals surface area contributed by atoms with Crippen LogP contribution in [-0.4, -0.2) is 17.4 Å². The number of ketones is 1. The van der Waals surface area contributed by atoms with E-state index in [9.17, 15) is 9.59 Å². The van der Waals surface area contributed by atoms with Crippen LogP contribution in [0.1, 0.15) is 20.8 Å². The van der Waals surface area contributed by atoms with E-state index < -0.39 is 17.4 Å². The van der Waals surface area contributed by atoms with Crippen LogP contribution in [0.2, 0.25) is 0 Å². The number of hydrogen-bond acceptors (Lipinski definition) is 3. The van der Waals surface area contributed by atoms with Crippen molar-refractivity contribution in [2.24, 2.45) is 0 Å². The Kier molecular flexibility index (Phi) is 9.59. The number of hydrogen-bond donors (Lipinski definition) is 0. The van der Waals surface area contributed by atoms with E-state index in [0.717, 1.165) is 0 Å². The van der Waals surface area contributed by atoms with E-state index in [-0.39, 0.29) is 31.9 Å². The normalized spacial score (nSPS) is 8.92. The number of esters is 1. The SMILES string of the molecule is [CH2-]C(=O)C(=O)OC(C)(C)C.[Cl-].[Zn+2]. The Morgan fingerprint density at radius 2 is 1.58 bits per heavy atom. The smallest absolute Gasteiger partial charge is 1.00 e. The van der Waals surface area contributed by atoms with Crippen LogP contribution in [0.5, 0.6) is 0 Å². The Bertz CT molecular complexity index is 163. The molecule has 66 valence electrons. The molecule has 0 fully saturated rings. The van der Waals surface area contributed by atoms with Crippen molar-refractivity contribution in [1.82, 2.24) is 0 Å². The van der Waals surface area contributed by atoms with Crippen LogP contribution < -0.4 is 12.4 Å². The molecule has 0 heterocycles. The van der Waals surface area contributed by atoms with Gasteiger partial charge in [-0.15, -0.1) is 0 Å². The van der Waals surface area contributed by atoms with Gasteiger partial charge >= 0.3 is 19.5 Å². The van der Waals surface area contributed by atoms with Crippen LogP contribution in [0.15, 0.2) is 0 Å². The summed E-state index contributed by atoms with van der Waals surface area (Å²) >= 11 is 0. The van der Waals surface area contributed by atoms with E-state index >= 15 is 0 Å². The van der Waals surface area contributed by atoms with Crippen molar-refractivity contribution in [3.8, 4) is 0 Å². The molecule has 0 atom stereocenters. The summed E-state index contributed by atoms with van der Waals surface area (Å²) in [6.07, 6.45) is 0. The summed E-state index contributed by atoms with van der Waals surface area (Å²) in [6, 6.07) is 0. The first kappa shape index (κ1) is 17.9. The van der Waals surface area contributed by atoms with E-state index in [2.05, 4.69) is 11.7 Å². The second-order valence-electron chi connectivity index (χ2n) is 2.93. The minimum atomic E-state index is -0.882. The zero-order chi connectivity index (χ0) is 8.36. The van der Waals surface area contributed by atoms with Gasteiger partial charge in [-0.1, -0.05) is 0 Å². The first-order valence-corrected chi connectivity index (χ1v) is 2.92. The van der Waals surface area contributed by atoms with Crippen molar-refractivity contribution < 1.29 is 46.2 Å². The van der Waals surface area contributed by atoms with Gasteiger partial charge in [-0.05, 0) is 20.8 Å². The van der Waals surface area contributed by atoms with E-state index in [0.29, 0.717) is 0 Å². The van der Waals surface area contributed by atoms with Crippen molar-refractivity contribution in [2.45, 2.75) is 26.4 Å². The van der Waals surface area contributed by atoms with Crippen molar-refractivity contribution in [2.75, 3.05) is 0 Å². The molecule has 0 rings (SSSR count). The Morgan fingerprint density at radius 1 is 1.25 bits per heavy atom. The van der Waals surface area contributed by atoms with Crippen molar-refractivity contribution in [1.29, 1.82) is 0 Å². The zero-order valence-corrected chi connectivity index (χ0v) is 11.2. The summed E-state index contributed by atoms with van der Waals surface area (Å²) < 4.78 is 4.65. The number of halogens is 1. The predicted molar refractivity (Wildman–Crippen MR) is 36.2 cm³/mol. The maximum atomic E-state index is 10.5. The van der Waals surface area contributed by atoms with Gasteiger partial charge in [0, 0.05) is 0 Å². The van der Waals surface area contributed by atoms with Gasteiger partial charge in [-0.3, -0.25) is 0 Å². The van der Waals surface area contributed by atoms with Crippen LogP contribution in [0.3, 0.4) is 0 Å². The van der Waals surface area contributed by atoms with Crippen molar-refractivity contribution >= 4 is 11.8 Å². The van der Waals surface area contributed by atoms with Gasteiger partial charge in [-0.25, -0.2) is 0 Å². The number of rotatable bonds is 1. The Balaban J connectivity index is -0.000000405. The molecule has 0 unspecified atom stereocenters. The Labute approximate surface area is 91.4 Å². The molecule has 0 aromatic rings. The van der Waals surface area contributed by atoms with Gasteiger partial charge in [0.25, 0.3) is 0 Å². The van der Waals surface area contributed by atoms with Gasteiger partial charge in [-0.2, -0.15) is 6.92 Å². The molecule has 3 nitrogen and oxygen atoms in total. The molecule has 0 radical (unpaired) electrons. The first-order chi connectivity index (χ1) is 4.33. The first-order valence-electron chi connectivity index (χ1n) is 2.92. The van der Waals surface area contributed by atoms with E-state index in [1.807, 2.05) is 0 Å². The largest absolute Gasteiger partial charge is 2.00 e. The summed E-state index contributed by atoms with van der Waals surface area (Å²) in [4.78, 5) is 20.8. The van der Waals surface area contributed by atoms with Crippen molar-refractivity contribution in [3.63, 3.8) is 0 Å². The summed E-state index contributed by atoms with van der Waals surface area (Å²) in [5, 5.41) is 0. The molecule has 0 aliphatic carbocycles. The van der Waals surface area contributed by atoms with E-state index in [1.165, 1.54) is 0 Å². The van der Waals surface area contributed by atoms with Crippen molar-refractivity contribution in [3.05, 3.63) is 6.92 Å². The van der Waals surface area contributed by atoms with Crippen LogP contribution in [0.4, 0.5) is 0 Å². The monoisotopic (exact) mass is 242 g/mol. The third kappa shape index (κ3) is 9.92. The molecule has 0 aliphatic heterocycles. The predicted octanol–water partition coefficient (Wildman–Crippen LogP) is -2.27. The van der Waals surface area contributed by atoms with Crippen LogP contribution >= 0.6 is 0 Å². The average Bonchev–Trinajstić information content (AvgIpc) is 1.60. The standard InChI is InChI=1S/C7H11O3.ClH.Zn/c1-5(8)6(9)10-7(2,3)4;;/h1H2,2-4H3;1H;/q-1;;+2/p-1. The maximum absolute atomic E-state index is 10.5. The minimum Gasteiger partial charge on any atom is -1.00 e. The number of carbonyl (C=O) groups excluding carboxylic acids is 2. The Morgan fingerprint density at radius 3 is 1.67 bits per heavy atom. The molecular formula is C7H11ClO3Zn. The maximum Gasteiger partial charge on any atom is 2.00 e. The minimum absolute atomic E-state index is 0. The fraction of sp³-hybridized carbons (Fsp3) is 0.571. The van der Waals surface area contributed by atoms with E-state index in [4.69, 9.17) is 0 Å². The second kappa shape index (κ2) is 6.44. The van der Waals surface area contributed by atoms with Crippen LogP contribution in [0.25, 0.3) is 0 Å². The quantitative estimate of drug-likeness (QED) is 0.226. The molecule has 0 saturated heterocycles. The number of carbonyl (C=O) groups is 2. The molecule has 0 spiro atoms. The van der Waals surface area contributed by atoms with Gasteiger partial charge in [0.15, 0.2) is 0 Å². The molecule has 0 aromatic carbocycles. The molecule has 12 heavy (non-hydrogen) atoms. The molecule has 0 amide bonds. The second-order valence-corrected chi connectivity index (χ2v) is 2.93. The fourth-order valence-electron chi connectivity index (χ4n) is 0.335. The van der Waals surface area contributed by atoms with Gasteiger partial charge in [0.1, 0.15) is 0 Å². The van der Waals surface area contributed by atoms with Gasteiger partial charge in [0.2, 0.25) is 5.97 Å². The van der Waals surface area contributed by atoms with Gasteiger partial charge in [0.05, 0.1) is 11.4 Å². The molecule has 0 aromatic heterocycles. The fourth-order valence-corrected chi connectivity index (χ4v) is 0.335. The molecule has 0 bridgehead atoms. The summed E-state index contributed by atoms with van der Waals surface area (Å²) in [5.41, 5.74) is -0.607. The molecule has 5 heteroatoms. The Hall–Kier alpha value is -0.0766. The third-order valence-corrected chi connectivity index (χ3v) is 0.627. The molecule has 0 aliphatic rings. The summed E-state index contributed by atoms with van der Waals surface area (Å²) in [7, 11) is 0. The van der Waals surface area contributed by atoms with Gasteiger partial charge < -0.3 is 26.7 Å². The number of Topliss-reactive ketones (excluding diaryl/α,β-unsaturated/α-hetero) is 1. The zero-order valence-electron chi connectivity index (χ0n) is 7.52. The van der Waals surface area contributed by atoms with E-state index in [1.54, 1.807) is 20.8 Å². The molecular weight excluding hydrogens is 233 g/mol. The molecule has 0 N–H and O–H groups in total. The summed E-state index contributed by atoms with van der Waals surface area (Å²) in [6.45, 7) is 7.97.